The summed E-state index contributed by atoms with van der Waals surface area (Å²) in [5.41, 5.74) is 1.56. The van der Waals surface area contributed by atoms with E-state index in [0.29, 0.717) is 48.7 Å². The summed E-state index contributed by atoms with van der Waals surface area (Å²) in [5.74, 6) is -1.99. The largest absolute Gasteiger partial charge is 0.417 e. The minimum absolute atomic E-state index is 0.0204. The molecule has 3 aliphatic rings. The van der Waals surface area contributed by atoms with Gasteiger partial charge in [-0.15, -0.1) is 11.8 Å². The number of aliphatic hydroxyl groups excluding tert-OH is 1. The maximum absolute atomic E-state index is 14.1. The zero-order valence-electron chi connectivity index (χ0n) is 28.2. The molecule has 2 fully saturated rings. The molecule has 1 aromatic carbocycles. The number of alkyl halides is 5. The third kappa shape index (κ3) is 9.30. The van der Waals surface area contributed by atoms with Crippen LogP contribution in [-0.4, -0.2) is 107 Å². The molecule has 1 aromatic heterocycles. The van der Waals surface area contributed by atoms with E-state index in [0.717, 1.165) is 55.7 Å². The molecule has 2 saturated heterocycles. The fraction of sp³-hybridized carbons (Fsp3) is 0.727. The molecule has 3 aliphatic heterocycles. The number of nitrogens with zero attached hydrogens (tertiary/aromatic N) is 5. The highest BCUT2D eigenvalue weighted by molar-refractivity contribution is 7.99. The molecule has 8 nitrogen and oxygen atoms in total. The standard InChI is InChI=1S/C33H48F5N5O3S2/c1-31(2,3)24-8-13-40(14-9-24)19-25(44)20-43-28-10-15-42(48(4,45)46)21-26(28)30(39-43)23-6-7-27(33(36,37)38)29(18-23)47-17-16-41-12-5-11-32(34,35)22-41/h6-7,18,24-25,44H,5,8-17,19-22H2,1-4H3/t25-/m0/s1. The van der Waals surface area contributed by atoms with Gasteiger partial charge >= 0.3 is 6.18 Å². The van der Waals surface area contributed by atoms with Crippen LogP contribution in [0.1, 0.15) is 63.3 Å². The van der Waals surface area contributed by atoms with Crippen LogP contribution in [0.3, 0.4) is 0 Å². The Kier molecular flexibility index (Phi) is 11.3. The second-order valence-corrected chi connectivity index (χ2v) is 17.8. The summed E-state index contributed by atoms with van der Waals surface area (Å²) in [6.45, 7) is 9.71. The van der Waals surface area contributed by atoms with Crippen LogP contribution in [0.15, 0.2) is 23.1 Å². The van der Waals surface area contributed by atoms with Crippen LogP contribution >= 0.6 is 11.8 Å². The number of likely N-dealkylation sites (tertiary alicyclic amines) is 2. The number of piperidine rings is 2. The van der Waals surface area contributed by atoms with E-state index >= 15 is 0 Å². The van der Waals surface area contributed by atoms with E-state index in [1.165, 1.54) is 16.4 Å². The zero-order valence-corrected chi connectivity index (χ0v) is 29.8. The Labute approximate surface area is 285 Å². The minimum atomic E-state index is -4.63. The van der Waals surface area contributed by atoms with Gasteiger partial charge in [-0.3, -0.25) is 9.58 Å². The van der Waals surface area contributed by atoms with Crippen LogP contribution in [-0.2, 0) is 35.7 Å². The van der Waals surface area contributed by atoms with Gasteiger partial charge in [-0.05, 0) is 62.4 Å². The maximum atomic E-state index is 14.1. The molecule has 0 spiro atoms. The van der Waals surface area contributed by atoms with Crippen LogP contribution in [0.4, 0.5) is 22.0 Å². The zero-order chi connectivity index (χ0) is 35.1. The fourth-order valence-electron chi connectivity index (χ4n) is 7.21. The van der Waals surface area contributed by atoms with Crippen LogP contribution in [0, 0.1) is 11.3 Å². The molecule has 1 N–H and O–H groups in total. The predicted octanol–water partition coefficient (Wildman–Crippen LogP) is 5.83. The normalized spacial score (nSPS) is 21.4. The average Bonchev–Trinajstić information content (AvgIpc) is 3.33. The topological polar surface area (TPSA) is 81.9 Å². The van der Waals surface area contributed by atoms with Gasteiger partial charge in [-0.25, -0.2) is 17.2 Å². The quantitative estimate of drug-likeness (QED) is 0.245. The second-order valence-electron chi connectivity index (χ2n) is 14.7. The van der Waals surface area contributed by atoms with Crippen molar-refractivity contribution in [2.45, 2.75) is 89.1 Å². The van der Waals surface area contributed by atoms with Crippen molar-refractivity contribution >= 4 is 21.8 Å². The van der Waals surface area contributed by atoms with E-state index in [1.807, 2.05) is 0 Å². The van der Waals surface area contributed by atoms with Gasteiger partial charge in [0.05, 0.1) is 36.7 Å². The molecule has 2 aromatic rings. The average molecular weight is 722 g/mol. The highest BCUT2D eigenvalue weighted by atomic mass is 32.2. The van der Waals surface area contributed by atoms with Crippen LogP contribution in [0.2, 0.25) is 0 Å². The van der Waals surface area contributed by atoms with E-state index < -0.39 is 40.3 Å². The lowest BCUT2D eigenvalue weighted by atomic mass is 9.75. The van der Waals surface area contributed by atoms with Crippen molar-refractivity contribution in [3.8, 4) is 11.3 Å². The first-order valence-corrected chi connectivity index (χ1v) is 19.5. The summed E-state index contributed by atoms with van der Waals surface area (Å²) >= 11 is 0.964. The van der Waals surface area contributed by atoms with E-state index in [1.54, 1.807) is 9.58 Å². The van der Waals surface area contributed by atoms with Crippen LogP contribution in [0.5, 0.6) is 0 Å². The molecule has 0 unspecified atom stereocenters. The number of benzene rings is 1. The monoisotopic (exact) mass is 721 g/mol. The smallest absolute Gasteiger partial charge is 0.390 e. The number of sulfonamides is 1. The Morgan fingerprint density at radius 2 is 1.77 bits per heavy atom. The molecule has 5 rings (SSSR count). The van der Waals surface area contributed by atoms with Crippen LogP contribution in [0.25, 0.3) is 11.3 Å². The Bertz CT molecular complexity index is 1540. The van der Waals surface area contributed by atoms with Crippen LogP contribution < -0.4 is 0 Å². The van der Waals surface area contributed by atoms with Gasteiger partial charge in [0.25, 0.3) is 5.92 Å². The number of fused-ring (bicyclic) bond motifs is 1. The number of halogens is 5. The van der Waals surface area contributed by atoms with Gasteiger partial charge in [0.1, 0.15) is 0 Å². The van der Waals surface area contributed by atoms with Crippen molar-refractivity contribution in [3.63, 3.8) is 0 Å². The van der Waals surface area contributed by atoms with Gasteiger partial charge in [-0.2, -0.15) is 22.6 Å². The summed E-state index contributed by atoms with van der Waals surface area (Å²) in [5, 5.41) is 16.0. The summed E-state index contributed by atoms with van der Waals surface area (Å²) < 4.78 is 98.1. The van der Waals surface area contributed by atoms with Crippen molar-refractivity contribution in [1.82, 2.24) is 23.9 Å². The Hall–Kier alpha value is -1.78. The molecule has 0 aliphatic carbocycles. The van der Waals surface area contributed by atoms with Gasteiger partial charge in [0.15, 0.2) is 0 Å². The summed E-state index contributed by atoms with van der Waals surface area (Å²) in [6, 6.07) is 3.77. The SMILES string of the molecule is CC(C)(C)C1CCN(C[C@H](O)Cn2nc(-c3ccc(C(F)(F)F)c(SCCN4CCCC(F)(F)C4)c3)c3c2CCN(S(C)(=O)=O)C3)CC1. The first kappa shape index (κ1) is 37.5. The number of rotatable bonds is 10. The molecule has 15 heteroatoms. The Morgan fingerprint density at radius 1 is 1.06 bits per heavy atom. The van der Waals surface area contributed by atoms with Gasteiger partial charge in [-0.1, -0.05) is 26.8 Å². The molecule has 4 heterocycles. The Balaban J connectivity index is 1.38. The summed E-state index contributed by atoms with van der Waals surface area (Å²) in [7, 11) is -3.55. The number of β-amino-alcohol motifs (C(OH)–C–C–N with tert-alkyl or cyclic N) is 1. The summed E-state index contributed by atoms with van der Waals surface area (Å²) in [4.78, 5) is 3.80. The lowest BCUT2D eigenvalue weighted by Crippen LogP contribution is -2.43. The van der Waals surface area contributed by atoms with E-state index in [9.17, 15) is 35.5 Å². The number of thioether (sulfide) groups is 1. The van der Waals surface area contributed by atoms with E-state index in [4.69, 9.17) is 5.10 Å². The number of hydrogen-bond acceptors (Lipinski definition) is 7. The lowest BCUT2D eigenvalue weighted by molar-refractivity contribution is -0.139. The first-order valence-electron chi connectivity index (χ1n) is 16.7. The number of hydrogen-bond donors (Lipinski definition) is 1. The van der Waals surface area contributed by atoms with Crippen molar-refractivity contribution in [2.75, 3.05) is 57.8 Å². The third-order valence-corrected chi connectivity index (χ3v) is 12.2. The van der Waals surface area contributed by atoms with Gasteiger partial charge in [0, 0.05) is 66.5 Å². The van der Waals surface area contributed by atoms with E-state index in [2.05, 4.69) is 25.7 Å². The van der Waals surface area contributed by atoms with Crippen molar-refractivity contribution in [1.29, 1.82) is 0 Å². The molecule has 0 bridgehead atoms. The molecular formula is C33H48F5N5O3S2. The minimum Gasteiger partial charge on any atom is -0.390 e. The fourth-order valence-corrected chi connectivity index (χ4v) is 9.12. The molecule has 1 atom stereocenters. The number of aliphatic hydroxyl groups is 1. The Morgan fingerprint density at radius 3 is 2.40 bits per heavy atom. The highest BCUT2D eigenvalue weighted by Gasteiger charge is 2.37. The van der Waals surface area contributed by atoms with Gasteiger partial charge in [0.2, 0.25) is 10.0 Å². The third-order valence-electron chi connectivity index (χ3n) is 9.93. The van der Waals surface area contributed by atoms with Crippen molar-refractivity contribution < 1.29 is 35.5 Å². The predicted molar refractivity (Wildman–Crippen MR) is 178 cm³/mol. The highest BCUT2D eigenvalue weighted by Crippen LogP contribution is 2.41. The van der Waals surface area contributed by atoms with Crippen molar-refractivity contribution in [3.05, 3.63) is 35.0 Å². The first-order chi connectivity index (χ1) is 22.3. The molecule has 270 valence electrons. The van der Waals surface area contributed by atoms with E-state index in [-0.39, 0.29) is 48.7 Å². The van der Waals surface area contributed by atoms with Crippen molar-refractivity contribution in [2.24, 2.45) is 11.3 Å². The van der Waals surface area contributed by atoms with Gasteiger partial charge < -0.3 is 10.0 Å². The molecule has 0 saturated carbocycles. The lowest BCUT2D eigenvalue weighted by Gasteiger charge is -2.39. The number of aromatic nitrogens is 2. The second kappa shape index (κ2) is 14.5. The molecule has 48 heavy (non-hydrogen) atoms. The molecular weight excluding hydrogens is 674 g/mol. The molecule has 0 amide bonds. The molecule has 0 radical (unpaired) electrons. The maximum Gasteiger partial charge on any atom is 0.417 e. The summed E-state index contributed by atoms with van der Waals surface area (Å²) in [6.07, 6.45) is -1.64.